The number of nitrogens with zero attached hydrogens (tertiary/aromatic N) is 1. The summed E-state index contributed by atoms with van der Waals surface area (Å²) in [7, 11) is 0. The van der Waals surface area contributed by atoms with E-state index in [1.807, 2.05) is 51.1 Å². The summed E-state index contributed by atoms with van der Waals surface area (Å²) in [5.74, 6) is 0. The highest BCUT2D eigenvalue weighted by Crippen LogP contribution is 2.31. The lowest BCUT2D eigenvalue weighted by Crippen LogP contribution is -2.48. The lowest BCUT2D eigenvalue weighted by Gasteiger charge is -2.39. The molecule has 2 rings (SSSR count). The van der Waals surface area contributed by atoms with Gasteiger partial charge >= 0.3 is 6.09 Å². The summed E-state index contributed by atoms with van der Waals surface area (Å²) in [4.78, 5) is 13.7. The molecule has 0 aliphatic carbocycles. The first-order valence-electron chi connectivity index (χ1n) is 8.62. The summed E-state index contributed by atoms with van der Waals surface area (Å²) in [5, 5.41) is 20.9. The van der Waals surface area contributed by atoms with Crippen molar-refractivity contribution in [2.45, 2.75) is 63.8 Å². The number of carbonyl (C=O) groups is 1. The van der Waals surface area contributed by atoms with Crippen molar-refractivity contribution in [2.75, 3.05) is 13.1 Å². The van der Waals surface area contributed by atoms with Gasteiger partial charge in [-0.3, -0.25) is 0 Å². The molecule has 5 heteroatoms. The Kier molecular flexibility index (Phi) is 5.88. The predicted octanol–water partition coefficient (Wildman–Crippen LogP) is 3.26. The zero-order chi connectivity index (χ0) is 17.8. The molecule has 0 bridgehead atoms. The fourth-order valence-electron chi connectivity index (χ4n) is 2.93. The van der Waals surface area contributed by atoms with Crippen LogP contribution in [0.2, 0.25) is 0 Å². The van der Waals surface area contributed by atoms with Crippen molar-refractivity contribution in [1.29, 1.82) is 0 Å². The molecule has 1 aliphatic heterocycles. The number of ether oxygens (including phenoxy) is 1. The molecular formula is C19H29NO4. The minimum absolute atomic E-state index is 0.325. The number of likely N-dealkylation sites (tertiary alicyclic amines) is 1. The number of piperidine rings is 1. The molecule has 1 unspecified atom stereocenters. The van der Waals surface area contributed by atoms with Crippen LogP contribution in [0.5, 0.6) is 0 Å². The average molecular weight is 335 g/mol. The third-order valence-corrected chi connectivity index (χ3v) is 4.41. The second-order valence-electron chi connectivity index (χ2n) is 7.66. The smallest absolute Gasteiger partial charge is 0.410 e. The van der Waals surface area contributed by atoms with Crippen LogP contribution >= 0.6 is 0 Å². The molecule has 1 aromatic carbocycles. The monoisotopic (exact) mass is 335 g/mol. The number of rotatable bonds is 4. The highest BCUT2D eigenvalue weighted by atomic mass is 16.6. The molecule has 1 aromatic rings. The Bertz CT molecular complexity index is 530. The van der Waals surface area contributed by atoms with Gasteiger partial charge in [0.05, 0.1) is 11.7 Å². The van der Waals surface area contributed by atoms with Gasteiger partial charge in [0.1, 0.15) is 5.60 Å². The Balaban J connectivity index is 1.81. The molecule has 1 amide bonds. The van der Waals surface area contributed by atoms with Crippen LogP contribution in [0, 0.1) is 0 Å². The quantitative estimate of drug-likeness (QED) is 0.886. The highest BCUT2D eigenvalue weighted by Gasteiger charge is 2.35. The maximum Gasteiger partial charge on any atom is 0.410 e. The van der Waals surface area contributed by atoms with Crippen LogP contribution in [0.1, 0.15) is 58.1 Å². The van der Waals surface area contributed by atoms with Crippen LogP contribution in [0.15, 0.2) is 30.3 Å². The first kappa shape index (κ1) is 18.7. The van der Waals surface area contributed by atoms with Gasteiger partial charge in [0.15, 0.2) is 0 Å². The molecule has 0 saturated carbocycles. The van der Waals surface area contributed by atoms with E-state index in [4.69, 9.17) is 4.74 Å². The number of hydrogen-bond donors (Lipinski definition) is 2. The Labute approximate surface area is 144 Å². The molecule has 0 spiro atoms. The fraction of sp³-hybridized carbons (Fsp3) is 0.632. The molecule has 2 N–H and O–H groups in total. The van der Waals surface area contributed by atoms with E-state index in [9.17, 15) is 15.0 Å². The minimum atomic E-state index is -0.825. The minimum Gasteiger partial charge on any atom is -0.444 e. The fourth-order valence-corrected chi connectivity index (χ4v) is 2.93. The van der Waals surface area contributed by atoms with Crippen LogP contribution in [0.25, 0.3) is 0 Å². The highest BCUT2D eigenvalue weighted by molar-refractivity contribution is 5.68. The van der Waals surface area contributed by atoms with Crippen molar-refractivity contribution >= 4 is 6.09 Å². The molecule has 1 saturated heterocycles. The first-order valence-corrected chi connectivity index (χ1v) is 8.62. The van der Waals surface area contributed by atoms with Crippen molar-refractivity contribution < 1.29 is 19.7 Å². The largest absolute Gasteiger partial charge is 0.444 e. The summed E-state index contributed by atoms with van der Waals surface area (Å²) in [6, 6.07) is 9.48. The number of hydrogen-bond acceptors (Lipinski definition) is 4. The third-order valence-electron chi connectivity index (χ3n) is 4.41. The standard InChI is InChI=1S/C19H29NO4/c1-18(2,3)24-17(22)20-13-11-19(23,12-14-20)10-9-16(21)15-7-5-4-6-8-15/h4-8,16,21,23H,9-14H2,1-3H3. The van der Waals surface area contributed by atoms with Crippen LogP contribution in [0.4, 0.5) is 4.79 Å². The van der Waals surface area contributed by atoms with Gasteiger partial charge in [-0.05, 0) is 52.0 Å². The number of benzene rings is 1. The van der Waals surface area contributed by atoms with Gasteiger partial charge < -0.3 is 19.8 Å². The maximum atomic E-state index is 12.1. The molecular weight excluding hydrogens is 306 g/mol. The van der Waals surface area contributed by atoms with Crippen molar-refractivity contribution in [3.05, 3.63) is 35.9 Å². The van der Waals surface area contributed by atoms with Crippen LogP contribution in [0.3, 0.4) is 0 Å². The SMILES string of the molecule is CC(C)(C)OC(=O)N1CCC(O)(CCC(O)c2ccccc2)CC1. The molecule has 134 valence electrons. The van der Waals surface area contributed by atoms with E-state index in [1.165, 1.54) is 0 Å². The van der Waals surface area contributed by atoms with E-state index < -0.39 is 17.3 Å². The molecule has 1 fully saturated rings. The van der Waals surface area contributed by atoms with Crippen LogP contribution < -0.4 is 0 Å². The second kappa shape index (κ2) is 7.53. The van der Waals surface area contributed by atoms with Crippen molar-refractivity contribution in [3.8, 4) is 0 Å². The van der Waals surface area contributed by atoms with E-state index >= 15 is 0 Å². The zero-order valence-electron chi connectivity index (χ0n) is 14.9. The third kappa shape index (κ3) is 5.49. The maximum absolute atomic E-state index is 12.1. The number of aliphatic hydroxyl groups is 2. The van der Waals surface area contributed by atoms with E-state index in [2.05, 4.69) is 0 Å². The Morgan fingerprint density at radius 3 is 2.38 bits per heavy atom. The molecule has 0 aromatic heterocycles. The lowest BCUT2D eigenvalue weighted by atomic mass is 9.85. The Morgan fingerprint density at radius 1 is 1.25 bits per heavy atom. The van der Waals surface area contributed by atoms with Gasteiger partial charge in [0, 0.05) is 13.1 Å². The topological polar surface area (TPSA) is 70.0 Å². The van der Waals surface area contributed by atoms with Gasteiger partial charge in [-0.25, -0.2) is 4.79 Å². The van der Waals surface area contributed by atoms with Crippen LogP contribution in [-0.2, 0) is 4.74 Å². The predicted molar refractivity (Wildman–Crippen MR) is 92.6 cm³/mol. The Hall–Kier alpha value is -1.59. The number of amides is 1. The lowest BCUT2D eigenvalue weighted by molar-refractivity contribution is -0.0433. The normalized spacial score (nSPS) is 19.0. The van der Waals surface area contributed by atoms with Crippen molar-refractivity contribution in [3.63, 3.8) is 0 Å². The zero-order valence-corrected chi connectivity index (χ0v) is 14.9. The van der Waals surface area contributed by atoms with Gasteiger partial charge in [0.2, 0.25) is 0 Å². The average Bonchev–Trinajstić information content (AvgIpc) is 2.52. The molecule has 24 heavy (non-hydrogen) atoms. The number of aliphatic hydroxyl groups excluding tert-OH is 1. The van der Waals surface area contributed by atoms with Gasteiger partial charge in [-0.1, -0.05) is 30.3 Å². The molecule has 1 heterocycles. The van der Waals surface area contributed by atoms with E-state index in [0.717, 1.165) is 5.56 Å². The summed E-state index contributed by atoms with van der Waals surface area (Å²) < 4.78 is 5.37. The van der Waals surface area contributed by atoms with Crippen molar-refractivity contribution in [1.82, 2.24) is 4.90 Å². The first-order chi connectivity index (χ1) is 11.2. The van der Waals surface area contributed by atoms with Gasteiger partial charge in [0.25, 0.3) is 0 Å². The van der Waals surface area contributed by atoms with E-state index in [1.54, 1.807) is 4.90 Å². The van der Waals surface area contributed by atoms with E-state index in [-0.39, 0.29) is 6.09 Å². The molecule has 0 radical (unpaired) electrons. The molecule has 5 nitrogen and oxygen atoms in total. The van der Waals surface area contributed by atoms with E-state index in [0.29, 0.717) is 38.8 Å². The second-order valence-corrected chi connectivity index (χ2v) is 7.66. The van der Waals surface area contributed by atoms with Gasteiger partial charge in [-0.2, -0.15) is 0 Å². The summed E-state index contributed by atoms with van der Waals surface area (Å²) in [6.07, 6.45) is 1.15. The summed E-state index contributed by atoms with van der Waals surface area (Å²) in [5.41, 5.74) is -0.467. The van der Waals surface area contributed by atoms with Crippen LogP contribution in [-0.4, -0.2) is 45.5 Å². The summed E-state index contributed by atoms with van der Waals surface area (Å²) in [6.45, 7) is 6.49. The molecule has 1 aliphatic rings. The summed E-state index contributed by atoms with van der Waals surface area (Å²) >= 11 is 0. The van der Waals surface area contributed by atoms with Gasteiger partial charge in [-0.15, -0.1) is 0 Å². The number of carbonyl (C=O) groups excluding carboxylic acids is 1. The van der Waals surface area contributed by atoms with Crippen molar-refractivity contribution in [2.24, 2.45) is 0 Å². The Morgan fingerprint density at radius 2 is 1.83 bits per heavy atom. The molecule has 1 atom stereocenters.